The maximum atomic E-state index is 14.0. The minimum Gasteiger partial charge on any atom is -0.385 e. The predicted octanol–water partition coefficient (Wildman–Crippen LogP) is 4.52. The van der Waals surface area contributed by atoms with Gasteiger partial charge in [0.1, 0.15) is 11.6 Å². The Hall–Kier alpha value is -0.480. The van der Waals surface area contributed by atoms with Crippen LogP contribution in [0.4, 0.5) is 8.78 Å². The zero-order chi connectivity index (χ0) is 13.3. The van der Waals surface area contributed by atoms with Gasteiger partial charge in [-0.3, -0.25) is 0 Å². The van der Waals surface area contributed by atoms with Crippen LogP contribution in [0.5, 0.6) is 0 Å². The fourth-order valence-corrected chi connectivity index (χ4v) is 3.10. The fourth-order valence-electron chi connectivity index (χ4n) is 2.77. The Morgan fingerprint density at radius 2 is 1.94 bits per heavy atom. The van der Waals surface area contributed by atoms with Gasteiger partial charge in [0.05, 0.1) is 15.6 Å². The number of hydrogen-bond acceptors (Lipinski definition) is 1. The monoisotopic (exact) mass is 318 g/mol. The van der Waals surface area contributed by atoms with Crippen LogP contribution >= 0.6 is 15.9 Å². The van der Waals surface area contributed by atoms with Crippen molar-refractivity contribution < 1.29 is 13.9 Å². The number of benzene rings is 1. The Balaban J connectivity index is 2.34. The van der Waals surface area contributed by atoms with E-state index in [2.05, 4.69) is 22.9 Å². The lowest BCUT2D eigenvalue weighted by atomic mass is 9.74. The third kappa shape index (κ3) is 2.45. The van der Waals surface area contributed by atoms with Crippen molar-refractivity contribution in [3.05, 3.63) is 33.8 Å². The Labute approximate surface area is 114 Å². The molecule has 1 fully saturated rings. The SMILES string of the molecule is CCC1CCC(O)(c2c(F)ccc(Br)c2F)CC1. The molecule has 18 heavy (non-hydrogen) atoms. The van der Waals surface area contributed by atoms with Crippen molar-refractivity contribution in [3.63, 3.8) is 0 Å². The number of rotatable bonds is 2. The van der Waals surface area contributed by atoms with E-state index in [9.17, 15) is 13.9 Å². The molecule has 1 saturated carbocycles. The van der Waals surface area contributed by atoms with Crippen LogP contribution in [-0.2, 0) is 5.60 Å². The molecule has 1 aliphatic rings. The maximum absolute atomic E-state index is 14.0. The molecule has 1 nitrogen and oxygen atoms in total. The summed E-state index contributed by atoms with van der Waals surface area (Å²) < 4.78 is 28.0. The first kappa shape index (κ1) is 13.9. The van der Waals surface area contributed by atoms with Crippen molar-refractivity contribution in [1.82, 2.24) is 0 Å². The van der Waals surface area contributed by atoms with Crippen LogP contribution in [0.15, 0.2) is 16.6 Å². The minimum absolute atomic E-state index is 0.175. The first-order valence-electron chi connectivity index (χ1n) is 6.34. The molecule has 0 unspecified atom stereocenters. The summed E-state index contributed by atoms with van der Waals surface area (Å²) in [6.45, 7) is 2.11. The van der Waals surface area contributed by atoms with E-state index in [1.807, 2.05) is 0 Å². The highest BCUT2D eigenvalue weighted by atomic mass is 79.9. The smallest absolute Gasteiger partial charge is 0.146 e. The second kappa shape index (κ2) is 5.25. The van der Waals surface area contributed by atoms with Crippen molar-refractivity contribution in [2.75, 3.05) is 0 Å². The second-order valence-corrected chi connectivity index (χ2v) is 5.96. The van der Waals surface area contributed by atoms with E-state index in [1.165, 1.54) is 12.1 Å². The maximum Gasteiger partial charge on any atom is 0.146 e. The molecule has 0 heterocycles. The molecule has 2 rings (SSSR count). The standard InChI is InChI=1S/C14H17BrF2O/c1-2-9-5-7-14(18,8-6-9)12-11(16)4-3-10(15)13(12)17/h3-4,9,18H,2,5-8H2,1H3. The van der Waals surface area contributed by atoms with Crippen molar-refractivity contribution in [3.8, 4) is 0 Å². The van der Waals surface area contributed by atoms with Gasteiger partial charge in [0.2, 0.25) is 0 Å². The van der Waals surface area contributed by atoms with E-state index in [-0.39, 0.29) is 10.0 Å². The molecule has 0 saturated heterocycles. The topological polar surface area (TPSA) is 20.2 Å². The molecule has 4 heteroatoms. The first-order chi connectivity index (χ1) is 8.48. The zero-order valence-electron chi connectivity index (χ0n) is 10.3. The molecule has 1 aromatic rings. The Kier molecular flexibility index (Phi) is 4.07. The molecular weight excluding hydrogens is 302 g/mol. The van der Waals surface area contributed by atoms with E-state index in [0.29, 0.717) is 18.8 Å². The normalized spacial score (nSPS) is 28.4. The van der Waals surface area contributed by atoms with Crippen molar-refractivity contribution >= 4 is 15.9 Å². The van der Waals surface area contributed by atoms with Crippen LogP contribution in [0.2, 0.25) is 0 Å². The number of hydrogen-bond donors (Lipinski definition) is 1. The molecule has 0 amide bonds. The molecule has 0 bridgehead atoms. The van der Waals surface area contributed by atoms with Gasteiger partial charge in [-0.2, -0.15) is 0 Å². The Bertz CT molecular complexity index is 440. The Morgan fingerprint density at radius 1 is 1.33 bits per heavy atom. The van der Waals surface area contributed by atoms with E-state index in [1.54, 1.807) is 0 Å². The summed E-state index contributed by atoms with van der Waals surface area (Å²) >= 11 is 3.04. The van der Waals surface area contributed by atoms with E-state index < -0.39 is 17.2 Å². The third-order valence-electron chi connectivity index (χ3n) is 4.02. The van der Waals surface area contributed by atoms with Gasteiger partial charge in [-0.05, 0) is 59.7 Å². The van der Waals surface area contributed by atoms with Crippen LogP contribution in [0.25, 0.3) is 0 Å². The molecule has 0 radical (unpaired) electrons. The van der Waals surface area contributed by atoms with Crippen molar-refractivity contribution in [2.24, 2.45) is 5.92 Å². The molecule has 1 aromatic carbocycles. The lowest BCUT2D eigenvalue weighted by Crippen LogP contribution is -2.33. The summed E-state index contributed by atoms with van der Waals surface area (Å²) in [5.74, 6) is -0.774. The van der Waals surface area contributed by atoms with Gasteiger partial charge in [0, 0.05) is 0 Å². The van der Waals surface area contributed by atoms with E-state index in [4.69, 9.17) is 0 Å². The van der Waals surface area contributed by atoms with Gasteiger partial charge in [-0.1, -0.05) is 13.3 Å². The fraction of sp³-hybridized carbons (Fsp3) is 0.571. The average Bonchev–Trinajstić information content (AvgIpc) is 2.35. The summed E-state index contributed by atoms with van der Waals surface area (Å²) in [4.78, 5) is 0. The molecule has 0 atom stereocenters. The van der Waals surface area contributed by atoms with Crippen molar-refractivity contribution in [1.29, 1.82) is 0 Å². The quantitative estimate of drug-likeness (QED) is 0.795. The predicted molar refractivity (Wildman–Crippen MR) is 70.2 cm³/mol. The molecule has 1 N–H and O–H groups in total. The highest BCUT2D eigenvalue weighted by Crippen LogP contribution is 2.43. The van der Waals surface area contributed by atoms with Gasteiger partial charge in [0.15, 0.2) is 0 Å². The summed E-state index contributed by atoms with van der Waals surface area (Å²) in [7, 11) is 0. The third-order valence-corrected chi connectivity index (χ3v) is 4.63. The Morgan fingerprint density at radius 3 is 2.50 bits per heavy atom. The molecule has 1 aliphatic carbocycles. The first-order valence-corrected chi connectivity index (χ1v) is 7.13. The largest absolute Gasteiger partial charge is 0.385 e. The van der Waals surface area contributed by atoms with Crippen LogP contribution in [0.1, 0.15) is 44.6 Å². The lowest BCUT2D eigenvalue weighted by Gasteiger charge is -2.36. The number of aliphatic hydroxyl groups is 1. The van der Waals surface area contributed by atoms with Gasteiger partial charge >= 0.3 is 0 Å². The second-order valence-electron chi connectivity index (χ2n) is 5.10. The molecule has 100 valence electrons. The van der Waals surface area contributed by atoms with Crippen LogP contribution in [0, 0.1) is 17.6 Å². The molecule has 0 aromatic heterocycles. The zero-order valence-corrected chi connectivity index (χ0v) is 11.9. The minimum atomic E-state index is -1.36. The summed E-state index contributed by atoms with van der Waals surface area (Å²) in [6, 6.07) is 2.53. The van der Waals surface area contributed by atoms with Gasteiger partial charge < -0.3 is 5.11 Å². The molecule has 0 aliphatic heterocycles. The van der Waals surface area contributed by atoms with E-state index >= 15 is 0 Å². The summed E-state index contributed by atoms with van der Waals surface area (Å²) in [5, 5.41) is 10.5. The van der Waals surface area contributed by atoms with Crippen LogP contribution in [0.3, 0.4) is 0 Å². The van der Waals surface area contributed by atoms with Gasteiger partial charge in [0.25, 0.3) is 0 Å². The van der Waals surface area contributed by atoms with Crippen LogP contribution < -0.4 is 0 Å². The number of halogens is 3. The van der Waals surface area contributed by atoms with Crippen molar-refractivity contribution in [2.45, 2.75) is 44.6 Å². The van der Waals surface area contributed by atoms with E-state index in [0.717, 1.165) is 19.3 Å². The summed E-state index contributed by atoms with van der Waals surface area (Å²) in [6.07, 6.45) is 3.54. The highest BCUT2D eigenvalue weighted by molar-refractivity contribution is 9.10. The molecule has 0 spiro atoms. The highest BCUT2D eigenvalue weighted by Gasteiger charge is 2.39. The average molecular weight is 319 g/mol. The lowest BCUT2D eigenvalue weighted by molar-refractivity contribution is -0.0205. The van der Waals surface area contributed by atoms with Gasteiger partial charge in [-0.25, -0.2) is 8.78 Å². The summed E-state index contributed by atoms with van der Waals surface area (Å²) in [5.41, 5.74) is -1.53. The van der Waals surface area contributed by atoms with Crippen LogP contribution in [-0.4, -0.2) is 5.11 Å². The van der Waals surface area contributed by atoms with Gasteiger partial charge in [-0.15, -0.1) is 0 Å². The molecular formula is C14H17BrF2O.